The summed E-state index contributed by atoms with van der Waals surface area (Å²) < 4.78 is 37.9. The lowest BCUT2D eigenvalue weighted by Crippen LogP contribution is -2.14. The summed E-state index contributed by atoms with van der Waals surface area (Å²) >= 11 is 0. The van der Waals surface area contributed by atoms with Crippen molar-refractivity contribution in [3.63, 3.8) is 0 Å². The van der Waals surface area contributed by atoms with Gasteiger partial charge in [-0.3, -0.25) is 4.68 Å². The highest BCUT2D eigenvalue weighted by molar-refractivity contribution is 5.12. The maximum Gasteiger partial charge on any atom is 0.435 e. The van der Waals surface area contributed by atoms with E-state index in [9.17, 15) is 13.2 Å². The van der Waals surface area contributed by atoms with Crippen LogP contribution >= 0.6 is 0 Å². The largest absolute Gasteiger partial charge is 0.435 e. The molecule has 0 saturated heterocycles. The minimum absolute atomic E-state index is 0.399. The van der Waals surface area contributed by atoms with Gasteiger partial charge in [-0.25, -0.2) is 0 Å². The third-order valence-electron chi connectivity index (χ3n) is 1.82. The van der Waals surface area contributed by atoms with E-state index in [1.165, 1.54) is 11.7 Å². The second-order valence-corrected chi connectivity index (χ2v) is 2.92. The molecule has 1 aromatic heterocycles. The Bertz CT molecular complexity index is 303. The molecule has 3 nitrogen and oxygen atoms in total. The SMILES string of the molecule is CCNCc1cc(C(F)(F)F)nn1C. The maximum atomic E-state index is 12.2. The van der Waals surface area contributed by atoms with Gasteiger partial charge in [-0.1, -0.05) is 6.92 Å². The Morgan fingerprint density at radius 1 is 1.50 bits per heavy atom. The smallest absolute Gasteiger partial charge is 0.311 e. The third-order valence-corrected chi connectivity index (χ3v) is 1.82. The van der Waals surface area contributed by atoms with Gasteiger partial charge in [0.1, 0.15) is 0 Å². The van der Waals surface area contributed by atoms with Crippen LogP contribution in [0.5, 0.6) is 0 Å². The minimum atomic E-state index is -4.36. The summed E-state index contributed by atoms with van der Waals surface area (Å²) in [6.07, 6.45) is -4.36. The van der Waals surface area contributed by atoms with Gasteiger partial charge in [0, 0.05) is 13.6 Å². The van der Waals surface area contributed by atoms with E-state index in [1.807, 2.05) is 6.92 Å². The van der Waals surface area contributed by atoms with Crippen LogP contribution in [0.15, 0.2) is 6.07 Å². The molecular weight excluding hydrogens is 195 g/mol. The van der Waals surface area contributed by atoms with Gasteiger partial charge in [0.2, 0.25) is 0 Å². The lowest BCUT2D eigenvalue weighted by molar-refractivity contribution is -0.141. The van der Waals surface area contributed by atoms with Crippen molar-refractivity contribution in [1.82, 2.24) is 15.1 Å². The van der Waals surface area contributed by atoms with E-state index in [2.05, 4.69) is 10.4 Å². The van der Waals surface area contributed by atoms with E-state index in [-0.39, 0.29) is 0 Å². The molecule has 1 heterocycles. The summed E-state index contributed by atoms with van der Waals surface area (Å²) in [5, 5.41) is 6.33. The van der Waals surface area contributed by atoms with E-state index in [0.717, 1.165) is 6.07 Å². The molecule has 0 aromatic carbocycles. The number of nitrogens with one attached hydrogen (secondary N) is 1. The summed E-state index contributed by atoms with van der Waals surface area (Å²) in [6.45, 7) is 3.00. The molecule has 0 spiro atoms. The van der Waals surface area contributed by atoms with Crippen molar-refractivity contribution in [1.29, 1.82) is 0 Å². The fourth-order valence-corrected chi connectivity index (χ4v) is 1.06. The highest BCUT2D eigenvalue weighted by Crippen LogP contribution is 2.28. The fraction of sp³-hybridized carbons (Fsp3) is 0.625. The lowest BCUT2D eigenvalue weighted by atomic mass is 10.3. The summed E-state index contributed by atoms with van der Waals surface area (Å²) in [6, 6.07) is 1.06. The standard InChI is InChI=1S/C8H12F3N3/c1-3-12-5-6-4-7(8(9,10)11)13-14(6)2/h4,12H,3,5H2,1-2H3. The molecule has 1 rings (SSSR count). The molecular formula is C8H12F3N3. The highest BCUT2D eigenvalue weighted by atomic mass is 19.4. The minimum Gasteiger partial charge on any atom is -0.311 e. The van der Waals surface area contributed by atoms with Gasteiger partial charge in [0.05, 0.1) is 5.69 Å². The zero-order chi connectivity index (χ0) is 10.8. The van der Waals surface area contributed by atoms with Gasteiger partial charge in [-0.15, -0.1) is 0 Å². The summed E-state index contributed by atoms with van der Waals surface area (Å²) in [5.41, 5.74) is -0.313. The predicted octanol–water partition coefficient (Wildman–Crippen LogP) is 1.55. The quantitative estimate of drug-likeness (QED) is 0.814. The molecule has 1 N–H and O–H groups in total. The molecule has 80 valence electrons. The van der Waals surface area contributed by atoms with E-state index in [1.54, 1.807) is 0 Å². The molecule has 0 fully saturated rings. The van der Waals surface area contributed by atoms with Gasteiger partial charge >= 0.3 is 6.18 Å². The Kier molecular flexibility index (Phi) is 3.15. The molecule has 6 heteroatoms. The van der Waals surface area contributed by atoms with Crippen LogP contribution in [0.3, 0.4) is 0 Å². The van der Waals surface area contributed by atoms with Crippen LogP contribution in [0.2, 0.25) is 0 Å². The van der Waals surface area contributed by atoms with Crippen LogP contribution in [0.1, 0.15) is 18.3 Å². The van der Waals surface area contributed by atoms with Crippen molar-refractivity contribution >= 4 is 0 Å². The molecule has 0 saturated carbocycles. The van der Waals surface area contributed by atoms with Crippen LogP contribution in [0.25, 0.3) is 0 Å². The Hall–Kier alpha value is -1.04. The van der Waals surface area contributed by atoms with E-state index in [4.69, 9.17) is 0 Å². The number of hydrogen-bond acceptors (Lipinski definition) is 2. The van der Waals surface area contributed by atoms with Crippen LogP contribution in [-0.4, -0.2) is 16.3 Å². The Labute approximate surface area is 79.9 Å². The molecule has 0 atom stereocenters. The van der Waals surface area contributed by atoms with Crippen LogP contribution in [-0.2, 0) is 19.8 Å². The Morgan fingerprint density at radius 2 is 2.14 bits per heavy atom. The topological polar surface area (TPSA) is 29.9 Å². The highest BCUT2D eigenvalue weighted by Gasteiger charge is 2.34. The molecule has 14 heavy (non-hydrogen) atoms. The number of nitrogens with zero attached hydrogens (tertiary/aromatic N) is 2. The monoisotopic (exact) mass is 207 g/mol. The number of rotatable bonds is 3. The first-order valence-electron chi connectivity index (χ1n) is 4.26. The molecule has 1 aromatic rings. The average molecular weight is 207 g/mol. The van der Waals surface area contributed by atoms with E-state index >= 15 is 0 Å². The van der Waals surface area contributed by atoms with E-state index < -0.39 is 11.9 Å². The van der Waals surface area contributed by atoms with E-state index in [0.29, 0.717) is 18.8 Å². The number of aromatic nitrogens is 2. The molecule has 0 aliphatic heterocycles. The van der Waals surface area contributed by atoms with Crippen LogP contribution < -0.4 is 5.32 Å². The molecule has 0 bridgehead atoms. The fourth-order valence-electron chi connectivity index (χ4n) is 1.06. The number of alkyl halides is 3. The number of aryl methyl sites for hydroxylation is 1. The average Bonchev–Trinajstić information content (AvgIpc) is 2.43. The van der Waals surface area contributed by atoms with Gasteiger partial charge in [0.15, 0.2) is 5.69 Å². The first kappa shape index (κ1) is 11.0. The van der Waals surface area contributed by atoms with Crippen molar-refractivity contribution in [2.45, 2.75) is 19.6 Å². The van der Waals surface area contributed by atoms with Crippen LogP contribution in [0, 0.1) is 0 Å². The predicted molar refractivity (Wildman–Crippen MR) is 45.6 cm³/mol. The molecule has 0 radical (unpaired) electrons. The van der Waals surface area contributed by atoms with Crippen LogP contribution in [0.4, 0.5) is 13.2 Å². The lowest BCUT2D eigenvalue weighted by Gasteiger charge is -2.00. The first-order chi connectivity index (χ1) is 6.45. The van der Waals surface area contributed by atoms with Crippen molar-refractivity contribution in [3.05, 3.63) is 17.5 Å². The van der Waals surface area contributed by atoms with Crippen molar-refractivity contribution in [3.8, 4) is 0 Å². The summed E-state index contributed by atoms with van der Waals surface area (Å²) in [7, 11) is 1.50. The second kappa shape index (κ2) is 4.00. The van der Waals surface area contributed by atoms with Crippen molar-refractivity contribution in [2.24, 2.45) is 7.05 Å². The molecule has 0 aliphatic rings. The molecule has 0 aliphatic carbocycles. The summed E-state index contributed by atoms with van der Waals surface area (Å²) in [4.78, 5) is 0. The Balaban J connectivity index is 2.82. The first-order valence-corrected chi connectivity index (χ1v) is 4.26. The van der Waals surface area contributed by atoms with Gasteiger partial charge < -0.3 is 5.32 Å². The van der Waals surface area contributed by atoms with Crippen molar-refractivity contribution in [2.75, 3.05) is 6.54 Å². The van der Waals surface area contributed by atoms with Crippen molar-refractivity contribution < 1.29 is 13.2 Å². The number of halogens is 3. The van der Waals surface area contributed by atoms with Gasteiger partial charge in [-0.05, 0) is 12.6 Å². The molecule has 0 amide bonds. The number of hydrogen-bond donors (Lipinski definition) is 1. The van der Waals surface area contributed by atoms with Gasteiger partial charge in [-0.2, -0.15) is 18.3 Å². The molecule has 0 unspecified atom stereocenters. The third kappa shape index (κ3) is 2.47. The second-order valence-electron chi connectivity index (χ2n) is 2.92. The normalized spacial score (nSPS) is 12.1. The summed E-state index contributed by atoms with van der Waals surface area (Å²) in [5.74, 6) is 0. The van der Waals surface area contributed by atoms with Gasteiger partial charge in [0.25, 0.3) is 0 Å². The zero-order valence-corrected chi connectivity index (χ0v) is 8.02. The zero-order valence-electron chi connectivity index (χ0n) is 8.02. The Morgan fingerprint density at radius 3 is 2.57 bits per heavy atom. The maximum absolute atomic E-state index is 12.2.